The van der Waals surface area contributed by atoms with Crippen LogP contribution in [0.25, 0.3) is 0 Å². The number of nitrogens with zero attached hydrogens (tertiary/aromatic N) is 1. The summed E-state index contributed by atoms with van der Waals surface area (Å²) in [5.41, 5.74) is 0. The zero-order valence-electron chi connectivity index (χ0n) is 10.4. The summed E-state index contributed by atoms with van der Waals surface area (Å²) >= 11 is 1.86. The molecule has 6 heteroatoms. The fourth-order valence-corrected chi connectivity index (χ4v) is 5.25. The highest BCUT2D eigenvalue weighted by atomic mass is 32.2. The molecule has 3 unspecified atom stereocenters. The zero-order valence-corrected chi connectivity index (χ0v) is 12.1. The Hall–Kier alpha value is 0.220. The Morgan fingerprint density at radius 3 is 2.31 bits per heavy atom. The lowest BCUT2D eigenvalue weighted by Gasteiger charge is -2.35. The van der Waals surface area contributed by atoms with Crippen LogP contribution in [0.3, 0.4) is 0 Å². The van der Waals surface area contributed by atoms with Crippen LogP contribution in [0.5, 0.6) is 0 Å². The lowest BCUT2D eigenvalue weighted by Crippen LogP contribution is -2.48. The molecule has 4 nitrogen and oxygen atoms in total. The van der Waals surface area contributed by atoms with Crippen molar-refractivity contribution in [1.82, 2.24) is 9.62 Å². The van der Waals surface area contributed by atoms with Crippen LogP contribution in [0.2, 0.25) is 0 Å². The topological polar surface area (TPSA) is 49.4 Å². The average molecular weight is 266 g/mol. The summed E-state index contributed by atoms with van der Waals surface area (Å²) in [4.78, 5) is 0. The second kappa shape index (κ2) is 5.71. The molecule has 1 N–H and O–H groups in total. The van der Waals surface area contributed by atoms with Gasteiger partial charge in [-0.1, -0.05) is 13.8 Å². The van der Waals surface area contributed by atoms with Gasteiger partial charge in [-0.3, -0.25) is 0 Å². The monoisotopic (exact) mass is 266 g/mol. The maximum Gasteiger partial charge on any atom is 0.218 e. The Morgan fingerprint density at radius 1 is 1.38 bits per heavy atom. The molecular weight excluding hydrogens is 244 g/mol. The molecule has 1 saturated heterocycles. The molecule has 0 aromatic rings. The molecule has 1 aliphatic heterocycles. The molecule has 16 heavy (non-hydrogen) atoms. The van der Waals surface area contributed by atoms with E-state index in [-0.39, 0.29) is 5.25 Å². The van der Waals surface area contributed by atoms with E-state index in [0.717, 1.165) is 0 Å². The zero-order chi connectivity index (χ0) is 12.3. The summed E-state index contributed by atoms with van der Waals surface area (Å²) in [6, 6.07) is 0. The van der Waals surface area contributed by atoms with Crippen LogP contribution >= 0.6 is 11.8 Å². The second-order valence-electron chi connectivity index (χ2n) is 4.49. The van der Waals surface area contributed by atoms with Gasteiger partial charge in [-0.15, -0.1) is 0 Å². The molecule has 0 aliphatic carbocycles. The molecule has 0 aromatic heterocycles. The molecule has 3 atom stereocenters. The number of thioether (sulfide) groups is 1. The SMILES string of the molecule is CNCC(C)S(=O)(=O)N1CC(C)SC(C)C1. The van der Waals surface area contributed by atoms with Crippen molar-refractivity contribution < 1.29 is 8.42 Å². The summed E-state index contributed by atoms with van der Waals surface area (Å²) in [7, 11) is -1.35. The van der Waals surface area contributed by atoms with E-state index in [1.807, 2.05) is 11.8 Å². The van der Waals surface area contributed by atoms with Crippen molar-refractivity contribution in [2.24, 2.45) is 0 Å². The Morgan fingerprint density at radius 2 is 1.88 bits per heavy atom. The van der Waals surface area contributed by atoms with Crippen molar-refractivity contribution >= 4 is 21.8 Å². The van der Waals surface area contributed by atoms with Crippen molar-refractivity contribution in [1.29, 1.82) is 0 Å². The summed E-state index contributed by atoms with van der Waals surface area (Å²) in [5.74, 6) is 0. The minimum Gasteiger partial charge on any atom is -0.318 e. The maximum atomic E-state index is 12.2. The summed E-state index contributed by atoms with van der Waals surface area (Å²) in [5, 5.41) is 3.36. The van der Waals surface area contributed by atoms with Crippen LogP contribution in [-0.2, 0) is 10.0 Å². The number of hydrogen-bond donors (Lipinski definition) is 1. The molecule has 0 spiro atoms. The largest absolute Gasteiger partial charge is 0.318 e. The first kappa shape index (κ1) is 14.3. The van der Waals surface area contributed by atoms with Gasteiger partial charge in [-0.2, -0.15) is 16.1 Å². The highest BCUT2D eigenvalue weighted by molar-refractivity contribution is 8.00. The molecule has 0 radical (unpaired) electrons. The number of hydrogen-bond acceptors (Lipinski definition) is 4. The van der Waals surface area contributed by atoms with E-state index in [4.69, 9.17) is 0 Å². The third-order valence-electron chi connectivity index (χ3n) is 2.75. The lowest BCUT2D eigenvalue weighted by molar-refractivity contribution is 0.398. The van der Waals surface area contributed by atoms with E-state index < -0.39 is 10.0 Å². The van der Waals surface area contributed by atoms with Crippen molar-refractivity contribution in [3.05, 3.63) is 0 Å². The van der Waals surface area contributed by atoms with Gasteiger partial charge in [0.1, 0.15) is 0 Å². The lowest BCUT2D eigenvalue weighted by atomic mass is 10.4. The van der Waals surface area contributed by atoms with E-state index >= 15 is 0 Å². The minimum absolute atomic E-state index is 0.347. The molecule has 0 aromatic carbocycles. The predicted octanol–water partition coefficient (Wildman–Crippen LogP) is 0.750. The van der Waals surface area contributed by atoms with Crippen molar-refractivity contribution in [3.63, 3.8) is 0 Å². The molecule has 0 amide bonds. The fraction of sp³-hybridized carbons (Fsp3) is 1.00. The smallest absolute Gasteiger partial charge is 0.218 e. The van der Waals surface area contributed by atoms with Crippen LogP contribution in [0.15, 0.2) is 0 Å². The van der Waals surface area contributed by atoms with Gasteiger partial charge >= 0.3 is 0 Å². The first-order chi connectivity index (χ1) is 7.37. The molecule has 1 heterocycles. The third kappa shape index (κ3) is 3.35. The molecule has 1 rings (SSSR count). The Bertz CT molecular complexity index is 309. The Kier molecular flexibility index (Phi) is 5.10. The molecule has 1 aliphatic rings. The quantitative estimate of drug-likeness (QED) is 0.816. The van der Waals surface area contributed by atoms with Gasteiger partial charge in [0, 0.05) is 30.1 Å². The van der Waals surface area contributed by atoms with Crippen molar-refractivity contribution in [2.75, 3.05) is 26.7 Å². The van der Waals surface area contributed by atoms with Crippen LogP contribution in [0.4, 0.5) is 0 Å². The summed E-state index contributed by atoms with van der Waals surface area (Å²) in [6.07, 6.45) is 0. The summed E-state index contributed by atoms with van der Waals surface area (Å²) < 4.78 is 26.1. The third-order valence-corrected chi connectivity index (χ3v) is 6.17. The number of rotatable bonds is 4. The highest BCUT2D eigenvalue weighted by Gasteiger charge is 2.33. The van der Waals surface area contributed by atoms with Crippen LogP contribution in [0, 0.1) is 0 Å². The number of sulfonamides is 1. The highest BCUT2D eigenvalue weighted by Crippen LogP contribution is 2.27. The Balaban J connectivity index is 2.75. The van der Waals surface area contributed by atoms with E-state index in [9.17, 15) is 8.42 Å². The van der Waals surface area contributed by atoms with Gasteiger partial charge in [0.05, 0.1) is 5.25 Å². The molecule has 0 bridgehead atoms. The molecule has 0 saturated carbocycles. The standard InChI is InChI=1S/C10H22N2O2S2/c1-8-6-12(7-9(2)15-8)16(13,14)10(3)5-11-4/h8-11H,5-7H2,1-4H3. The predicted molar refractivity (Wildman–Crippen MR) is 70.4 cm³/mol. The van der Waals surface area contributed by atoms with Crippen LogP contribution in [-0.4, -0.2) is 55.2 Å². The van der Waals surface area contributed by atoms with E-state index in [1.54, 1.807) is 18.3 Å². The van der Waals surface area contributed by atoms with Gasteiger partial charge in [-0.25, -0.2) is 8.42 Å². The van der Waals surface area contributed by atoms with Gasteiger partial charge in [0.25, 0.3) is 0 Å². The van der Waals surface area contributed by atoms with Gasteiger partial charge in [0.2, 0.25) is 10.0 Å². The average Bonchev–Trinajstić information content (AvgIpc) is 2.16. The first-order valence-corrected chi connectivity index (χ1v) is 8.11. The van der Waals surface area contributed by atoms with Gasteiger partial charge in [0.15, 0.2) is 0 Å². The first-order valence-electron chi connectivity index (χ1n) is 5.67. The van der Waals surface area contributed by atoms with E-state index in [1.165, 1.54) is 0 Å². The van der Waals surface area contributed by atoms with Gasteiger partial charge < -0.3 is 5.32 Å². The van der Waals surface area contributed by atoms with Crippen LogP contribution < -0.4 is 5.32 Å². The maximum absolute atomic E-state index is 12.2. The Labute approximate surface area is 103 Å². The normalized spacial score (nSPS) is 30.2. The van der Waals surface area contributed by atoms with Gasteiger partial charge in [-0.05, 0) is 14.0 Å². The van der Waals surface area contributed by atoms with E-state index in [2.05, 4.69) is 19.2 Å². The van der Waals surface area contributed by atoms with E-state index in [0.29, 0.717) is 30.1 Å². The second-order valence-corrected chi connectivity index (χ2v) is 8.72. The molecular formula is C10H22N2O2S2. The molecule has 96 valence electrons. The summed E-state index contributed by atoms with van der Waals surface area (Å²) in [6.45, 7) is 7.74. The van der Waals surface area contributed by atoms with Crippen LogP contribution in [0.1, 0.15) is 20.8 Å². The van der Waals surface area contributed by atoms with Crippen molar-refractivity contribution in [3.8, 4) is 0 Å². The molecule has 1 fully saturated rings. The fourth-order valence-electron chi connectivity index (χ4n) is 1.99. The minimum atomic E-state index is -3.13. The van der Waals surface area contributed by atoms with Crippen molar-refractivity contribution in [2.45, 2.75) is 36.5 Å². The number of nitrogens with one attached hydrogen (secondary N) is 1.